The van der Waals surface area contributed by atoms with Gasteiger partial charge in [-0.25, -0.2) is 0 Å². The predicted octanol–water partition coefficient (Wildman–Crippen LogP) is 11.2. The minimum atomic E-state index is -0.0101. The van der Waals surface area contributed by atoms with Gasteiger partial charge < -0.3 is 9.13 Å². The van der Waals surface area contributed by atoms with Gasteiger partial charge in [0.05, 0.1) is 34.5 Å². The van der Waals surface area contributed by atoms with Crippen LogP contribution >= 0.6 is 0 Å². The Morgan fingerprint density at radius 1 is 0.796 bits per heavy atom. The number of nitrogens with zero attached hydrogens (tertiary/aromatic N) is 4. The molecule has 0 bridgehead atoms. The zero-order valence-corrected chi connectivity index (χ0v) is 27.5. The molecule has 234 valence electrons. The molecule has 0 spiro atoms. The van der Waals surface area contributed by atoms with E-state index in [9.17, 15) is 10.5 Å². The van der Waals surface area contributed by atoms with Crippen LogP contribution in [-0.4, -0.2) is 9.13 Å². The molecule has 2 atom stereocenters. The fraction of sp³-hybridized carbons (Fsp3) is 0.111. The minimum Gasteiger partial charge on any atom is -0.332 e. The molecule has 0 amide bonds. The molecule has 0 N–H and O–H groups in total. The second-order valence-electron chi connectivity index (χ2n) is 12.6. The van der Waals surface area contributed by atoms with Gasteiger partial charge in [0.25, 0.3) is 0 Å². The van der Waals surface area contributed by atoms with Crippen LogP contribution in [0.3, 0.4) is 0 Å². The average molecular weight is 631 g/mol. The zero-order valence-electron chi connectivity index (χ0n) is 27.5. The molecule has 0 aliphatic heterocycles. The van der Waals surface area contributed by atoms with Gasteiger partial charge in [-0.15, -0.1) is 0 Å². The SMILES string of the molecule is C/C=C(/C#N)c1c(C)c2ccccc2n1-c1ccc(-c2c(C#N)cccc2C2C=CC=CC2n2c3c(c4ccccc42)C=CCC=C3)cc1. The van der Waals surface area contributed by atoms with Gasteiger partial charge in [0, 0.05) is 44.7 Å². The number of benzene rings is 4. The van der Waals surface area contributed by atoms with Crippen LogP contribution in [0.4, 0.5) is 0 Å². The molecule has 49 heavy (non-hydrogen) atoms. The standard InChI is InChI=1S/C45H34N4/c1-3-31(28-46)45-30(2)35-15-7-10-21-40(35)48(45)34-26-24-32(25-27-34)44-33(29-47)14-13-19-39(44)38-18-9-12-23-43(38)49-41-20-6-4-5-16-36(41)37-17-8-11-22-42(37)49/h3,5-27,38,43H,4H2,1-2H3/b31-3-. The van der Waals surface area contributed by atoms with Gasteiger partial charge in [-0.1, -0.05) is 109 Å². The summed E-state index contributed by atoms with van der Waals surface area (Å²) in [5.74, 6) is -0.0101. The van der Waals surface area contributed by atoms with Crippen LogP contribution in [0.1, 0.15) is 58.9 Å². The molecule has 8 rings (SSSR count). The monoisotopic (exact) mass is 630 g/mol. The number of fused-ring (bicyclic) bond motifs is 4. The van der Waals surface area contributed by atoms with Crippen molar-refractivity contribution in [3.8, 4) is 29.0 Å². The van der Waals surface area contributed by atoms with Gasteiger partial charge >= 0.3 is 0 Å². The van der Waals surface area contributed by atoms with Crippen molar-refractivity contribution in [3.05, 3.63) is 167 Å². The summed E-state index contributed by atoms with van der Waals surface area (Å²) in [5, 5.41) is 22.9. The lowest BCUT2D eigenvalue weighted by Gasteiger charge is -2.30. The van der Waals surface area contributed by atoms with E-state index in [1.807, 2.05) is 37.3 Å². The highest BCUT2D eigenvalue weighted by atomic mass is 15.0. The van der Waals surface area contributed by atoms with Crippen LogP contribution in [-0.2, 0) is 0 Å². The summed E-state index contributed by atoms with van der Waals surface area (Å²) in [6.07, 6.45) is 20.6. The summed E-state index contributed by atoms with van der Waals surface area (Å²) < 4.78 is 4.65. The smallest absolute Gasteiger partial charge is 0.101 e. The topological polar surface area (TPSA) is 57.4 Å². The molecule has 6 aromatic rings. The van der Waals surface area contributed by atoms with Crippen molar-refractivity contribution >= 4 is 39.5 Å². The maximum Gasteiger partial charge on any atom is 0.101 e. The van der Waals surface area contributed by atoms with E-state index in [4.69, 9.17) is 0 Å². The Morgan fingerprint density at radius 2 is 1.53 bits per heavy atom. The summed E-state index contributed by atoms with van der Waals surface area (Å²) >= 11 is 0. The van der Waals surface area contributed by atoms with Gasteiger partial charge in [0.1, 0.15) is 6.07 Å². The van der Waals surface area contributed by atoms with E-state index in [-0.39, 0.29) is 12.0 Å². The second-order valence-corrected chi connectivity index (χ2v) is 12.6. The lowest BCUT2D eigenvalue weighted by atomic mass is 9.81. The molecule has 2 unspecified atom stereocenters. The number of hydrogen-bond donors (Lipinski definition) is 0. The van der Waals surface area contributed by atoms with Gasteiger partial charge in [-0.3, -0.25) is 0 Å². The molecule has 4 aromatic carbocycles. The molecule has 2 aliphatic carbocycles. The third-order valence-corrected chi connectivity index (χ3v) is 10.0. The number of hydrogen-bond acceptors (Lipinski definition) is 2. The Bertz CT molecular complexity index is 2510. The van der Waals surface area contributed by atoms with Crippen LogP contribution in [0.5, 0.6) is 0 Å². The first-order chi connectivity index (χ1) is 24.1. The molecule has 2 aliphatic rings. The third kappa shape index (κ3) is 4.81. The second kappa shape index (κ2) is 12.3. The van der Waals surface area contributed by atoms with Crippen LogP contribution in [0.2, 0.25) is 0 Å². The number of para-hydroxylation sites is 2. The Kier molecular flexibility index (Phi) is 7.56. The molecule has 0 saturated heterocycles. The highest BCUT2D eigenvalue weighted by Gasteiger charge is 2.30. The first-order valence-corrected chi connectivity index (χ1v) is 16.8. The first-order valence-electron chi connectivity index (χ1n) is 16.8. The number of allylic oxidation sites excluding steroid dienone is 8. The van der Waals surface area contributed by atoms with Gasteiger partial charge in [0.15, 0.2) is 0 Å². The first kappa shape index (κ1) is 30.0. The third-order valence-electron chi connectivity index (χ3n) is 10.0. The number of aryl methyl sites for hydroxylation is 1. The molecule has 2 heterocycles. The van der Waals surface area contributed by atoms with E-state index in [1.54, 1.807) is 0 Å². The van der Waals surface area contributed by atoms with Gasteiger partial charge in [-0.05, 0) is 73.4 Å². The largest absolute Gasteiger partial charge is 0.332 e. The molecule has 4 heteroatoms. The quantitative estimate of drug-likeness (QED) is 0.178. The normalized spacial score (nSPS) is 16.9. The van der Waals surface area contributed by atoms with Crippen LogP contribution in [0.15, 0.2) is 134 Å². The van der Waals surface area contributed by atoms with Crippen LogP contribution in [0.25, 0.3) is 56.3 Å². The Morgan fingerprint density at radius 3 is 2.31 bits per heavy atom. The summed E-state index contributed by atoms with van der Waals surface area (Å²) in [6.45, 7) is 3.99. The van der Waals surface area contributed by atoms with Crippen LogP contribution in [0, 0.1) is 29.6 Å². The lowest BCUT2D eigenvalue weighted by molar-refractivity contribution is 0.559. The Hall–Kier alpha value is -6.36. The number of nitriles is 2. The summed E-state index contributed by atoms with van der Waals surface area (Å²) in [5.41, 5.74) is 12.0. The van der Waals surface area contributed by atoms with Crippen molar-refractivity contribution in [2.45, 2.75) is 32.2 Å². The van der Waals surface area contributed by atoms with E-state index in [0.717, 1.165) is 51.0 Å². The molecule has 4 nitrogen and oxygen atoms in total. The predicted molar refractivity (Wildman–Crippen MR) is 202 cm³/mol. The highest BCUT2D eigenvalue weighted by Crippen LogP contribution is 2.44. The minimum absolute atomic E-state index is 0.00349. The molecule has 0 saturated carbocycles. The Labute approximate surface area is 286 Å². The van der Waals surface area contributed by atoms with Crippen molar-refractivity contribution in [2.24, 2.45) is 0 Å². The molecule has 0 radical (unpaired) electrons. The van der Waals surface area contributed by atoms with Crippen molar-refractivity contribution < 1.29 is 0 Å². The van der Waals surface area contributed by atoms with Crippen molar-refractivity contribution in [1.29, 1.82) is 10.5 Å². The van der Waals surface area contributed by atoms with Crippen molar-refractivity contribution in [1.82, 2.24) is 9.13 Å². The van der Waals surface area contributed by atoms with Crippen LogP contribution < -0.4 is 0 Å². The maximum atomic E-state index is 10.4. The van der Waals surface area contributed by atoms with Gasteiger partial charge in [-0.2, -0.15) is 10.5 Å². The van der Waals surface area contributed by atoms with E-state index < -0.39 is 0 Å². The fourth-order valence-corrected chi connectivity index (χ4v) is 7.84. The molecule has 2 aromatic heterocycles. The average Bonchev–Trinajstić information content (AvgIpc) is 3.49. The maximum absolute atomic E-state index is 10.4. The van der Waals surface area contributed by atoms with E-state index in [0.29, 0.717) is 11.1 Å². The molecular formula is C45H34N4. The van der Waals surface area contributed by atoms with E-state index >= 15 is 0 Å². The number of rotatable bonds is 5. The van der Waals surface area contributed by atoms with Crippen molar-refractivity contribution in [3.63, 3.8) is 0 Å². The summed E-state index contributed by atoms with van der Waals surface area (Å²) in [4.78, 5) is 0. The highest BCUT2D eigenvalue weighted by molar-refractivity contribution is 5.96. The molecule has 0 fully saturated rings. The van der Waals surface area contributed by atoms with E-state index in [1.165, 1.54) is 22.2 Å². The Balaban J connectivity index is 1.28. The van der Waals surface area contributed by atoms with Gasteiger partial charge in [0.2, 0.25) is 0 Å². The number of aromatic nitrogens is 2. The zero-order chi connectivity index (χ0) is 33.5. The fourth-order valence-electron chi connectivity index (χ4n) is 7.84. The van der Waals surface area contributed by atoms with E-state index in [2.05, 4.69) is 144 Å². The summed E-state index contributed by atoms with van der Waals surface area (Å²) in [6, 6.07) is 36.4. The van der Waals surface area contributed by atoms with Crippen molar-refractivity contribution in [2.75, 3.05) is 0 Å². The molecular weight excluding hydrogens is 597 g/mol. The lowest BCUT2D eigenvalue weighted by Crippen LogP contribution is -2.18. The summed E-state index contributed by atoms with van der Waals surface area (Å²) in [7, 11) is 0.